The van der Waals surface area contributed by atoms with Gasteiger partial charge in [0.05, 0.1) is 5.69 Å². The number of anilines is 2. The predicted octanol–water partition coefficient (Wildman–Crippen LogP) is 4.05. The average molecular weight is 283 g/mol. The van der Waals surface area contributed by atoms with E-state index in [0.717, 1.165) is 31.7 Å². The maximum absolute atomic E-state index is 4.45. The number of hydrogen-bond acceptors (Lipinski definition) is 3. The standard InChI is InChI=1S/C18H25N3/c1-4-11-19-14-16-13-17(10-12-20-16)21(5-2)18-9-7-6-8-15(18)3/h6-10,12-13,19H,4-5,11,14H2,1-3H3. The highest BCUT2D eigenvalue weighted by Crippen LogP contribution is 2.27. The van der Waals surface area contributed by atoms with Crippen molar-refractivity contribution in [3.8, 4) is 0 Å². The van der Waals surface area contributed by atoms with Crippen molar-refractivity contribution >= 4 is 11.4 Å². The highest BCUT2D eigenvalue weighted by Gasteiger charge is 2.10. The first-order chi connectivity index (χ1) is 10.3. The third-order valence-corrected chi connectivity index (χ3v) is 3.57. The van der Waals surface area contributed by atoms with Gasteiger partial charge in [-0.2, -0.15) is 0 Å². The zero-order valence-corrected chi connectivity index (χ0v) is 13.3. The van der Waals surface area contributed by atoms with Gasteiger partial charge >= 0.3 is 0 Å². The topological polar surface area (TPSA) is 28.2 Å². The molecule has 3 heteroatoms. The van der Waals surface area contributed by atoms with Gasteiger partial charge in [-0.1, -0.05) is 25.1 Å². The number of hydrogen-bond donors (Lipinski definition) is 1. The molecule has 2 aromatic rings. The smallest absolute Gasteiger partial charge is 0.0562 e. The molecule has 21 heavy (non-hydrogen) atoms. The van der Waals surface area contributed by atoms with E-state index in [4.69, 9.17) is 0 Å². The first-order valence-electron chi connectivity index (χ1n) is 7.75. The second-order valence-electron chi connectivity index (χ2n) is 5.21. The van der Waals surface area contributed by atoms with Crippen LogP contribution in [0.1, 0.15) is 31.5 Å². The minimum absolute atomic E-state index is 0.826. The van der Waals surface area contributed by atoms with E-state index in [1.807, 2.05) is 6.20 Å². The molecule has 112 valence electrons. The van der Waals surface area contributed by atoms with Crippen molar-refractivity contribution in [2.24, 2.45) is 0 Å². The molecule has 3 nitrogen and oxygen atoms in total. The molecule has 1 N–H and O–H groups in total. The largest absolute Gasteiger partial charge is 0.341 e. The Kier molecular flexibility index (Phi) is 5.76. The number of rotatable bonds is 7. The molecule has 0 bridgehead atoms. The number of nitrogens with zero attached hydrogens (tertiary/aromatic N) is 2. The maximum Gasteiger partial charge on any atom is 0.0562 e. The summed E-state index contributed by atoms with van der Waals surface area (Å²) in [7, 11) is 0. The Bertz CT molecular complexity index is 566. The summed E-state index contributed by atoms with van der Waals surface area (Å²) in [6, 6.07) is 12.8. The van der Waals surface area contributed by atoms with E-state index < -0.39 is 0 Å². The van der Waals surface area contributed by atoms with E-state index in [0.29, 0.717) is 0 Å². The van der Waals surface area contributed by atoms with Crippen LogP contribution in [0.25, 0.3) is 0 Å². The summed E-state index contributed by atoms with van der Waals surface area (Å²) in [6.07, 6.45) is 3.04. The van der Waals surface area contributed by atoms with Crippen molar-refractivity contribution < 1.29 is 0 Å². The zero-order chi connectivity index (χ0) is 15.1. The highest BCUT2D eigenvalue weighted by atomic mass is 15.1. The van der Waals surface area contributed by atoms with Gasteiger partial charge in [0.25, 0.3) is 0 Å². The van der Waals surface area contributed by atoms with E-state index in [1.165, 1.54) is 16.9 Å². The molecular formula is C18H25N3. The number of aromatic nitrogens is 1. The Labute approximate surface area is 128 Å². The highest BCUT2D eigenvalue weighted by molar-refractivity contribution is 5.66. The molecule has 0 amide bonds. The van der Waals surface area contributed by atoms with Crippen LogP contribution in [-0.4, -0.2) is 18.1 Å². The molecule has 0 unspecified atom stereocenters. The first-order valence-corrected chi connectivity index (χ1v) is 7.75. The minimum atomic E-state index is 0.826. The lowest BCUT2D eigenvalue weighted by Gasteiger charge is -2.25. The van der Waals surface area contributed by atoms with Gasteiger partial charge in [0.15, 0.2) is 0 Å². The van der Waals surface area contributed by atoms with Crippen molar-refractivity contribution in [1.82, 2.24) is 10.3 Å². The molecule has 1 aromatic heterocycles. The lowest BCUT2D eigenvalue weighted by Crippen LogP contribution is -2.19. The van der Waals surface area contributed by atoms with E-state index in [-0.39, 0.29) is 0 Å². The summed E-state index contributed by atoms with van der Waals surface area (Å²) in [5, 5.41) is 3.41. The Morgan fingerprint density at radius 3 is 2.67 bits per heavy atom. The van der Waals surface area contributed by atoms with Crippen LogP contribution < -0.4 is 10.2 Å². The summed E-state index contributed by atoms with van der Waals surface area (Å²) < 4.78 is 0. The number of benzene rings is 1. The van der Waals surface area contributed by atoms with Gasteiger partial charge in [-0.3, -0.25) is 4.98 Å². The third kappa shape index (κ3) is 4.05. The number of para-hydroxylation sites is 1. The van der Waals surface area contributed by atoms with E-state index in [2.05, 4.69) is 72.4 Å². The fraction of sp³-hybridized carbons (Fsp3) is 0.389. The first kappa shape index (κ1) is 15.5. The van der Waals surface area contributed by atoms with Crippen molar-refractivity contribution in [3.63, 3.8) is 0 Å². The molecule has 1 aromatic carbocycles. The number of pyridine rings is 1. The Morgan fingerprint density at radius 2 is 1.95 bits per heavy atom. The van der Waals surface area contributed by atoms with Gasteiger partial charge in [0.2, 0.25) is 0 Å². The van der Waals surface area contributed by atoms with Crippen LogP contribution >= 0.6 is 0 Å². The minimum Gasteiger partial charge on any atom is -0.341 e. The van der Waals surface area contributed by atoms with E-state index in [9.17, 15) is 0 Å². The van der Waals surface area contributed by atoms with Gasteiger partial charge in [-0.15, -0.1) is 0 Å². The molecule has 1 heterocycles. The molecule has 0 aliphatic carbocycles. The molecule has 0 spiro atoms. The van der Waals surface area contributed by atoms with Crippen LogP contribution in [0.2, 0.25) is 0 Å². The monoisotopic (exact) mass is 283 g/mol. The van der Waals surface area contributed by atoms with Crippen LogP contribution in [0, 0.1) is 6.92 Å². The van der Waals surface area contributed by atoms with Gasteiger partial charge in [0, 0.05) is 30.7 Å². The fourth-order valence-electron chi connectivity index (χ4n) is 2.48. The van der Waals surface area contributed by atoms with Crippen LogP contribution in [0.5, 0.6) is 0 Å². The quantitative estimate of drug-likeness (QED) is 0.777. The summed E-state index contributed by atoms with van der Waals surface area (Å²) in [6.45, 7) is 9.31. The molecule has 0 radical (unpaired) electrons. The third-order valence-electron chi connectivity index (χ3n) is 3.57. The molecule has 0 saturated heterocycles. The average Bonchev–Trinajstić information content (AvgIpc) is 2.51. The summed E-state index contributed by atoms with van der Waals surface area (Å²) in [5.41, 5.74) is 4.85. The molecule has 0 fully saturated rings. The second-order valence-corrected chi connectivity index (χ2v) is 5.21. The van der Waals surface area contributed by atoms with Crippen molar-refractivity contribution in [3.05, 3.63) is 53.9 Å². The number of aryl methyl sites for hydroxylation is 1. The van der Waals surface area contributed by atoms with Crippen molar-refractivity contribution in [2.75, 3.05) is 18.0 Å². The van der Waals surface area contributed by atoms with Gasteiger partial charge < -0.3 is 10.2 Å². The molecule has 0 atom stereocenters. The van der Waals surface area contributed by atoms with E-state index >= 15 is 0 Å². The summed E-state index contributed by atoms with van der Waals surface area (Å²) in [4.78, 5) is 6.79. The molecular weight excluding hydrogens is 258 g/mol. The second kappa shape index (κ2) is 7.79. The van der Waals surface area contributed by atoms with Crippen molar-refractivity contribution in [2.45, 2.75) is 33.7 Å². The maximum atomic E-state index is 4.45. The summed E-state index contributed by atoms with van der Waals surface area (Å²) in [5.74, 6) is 0. The van der Waals surface area contributed by atoms with Crippen LogP contribution in [0.3, 0.4) is 0 Å². The predicted molar refractivity (Wildman–Crippen MR) is 90.1 cm³/mol. The molecule has 2 rings (SSSR count). The molecule has 0 aliphatic heterocycles. The molecule has 0 aliphatic rings. The van der Waals surface area contributed by atoms with Crippen LogP contribution in [0.4, 0.5) is 11.4 Å². The van der Waals surface area contributed by atoms with Gasteiger partial charge in [-0.05, 0) is 50.6 Å². The zero-order valence-electron chi connectivity index (χ0n) is 13.3. The summed E-state index contributed by atoms with van der Waals surface area (Å²) >= 11 is 0. The Hall–Kier alpha value is -1.87. The SMILES string of the molecule is CCCNCc1cc(N(CC)c2ccccc2C)ccn1. The van der Waals surface area contributed by atoms with Crippen LogP contribution in [-0.2, 0) is 6.54 Å². The van der Waals surface area contributed by atoms with E-state index in [1.54, 1.807) is 0 Å². The van der Waals surface area contributed by atoms with Gasteiger partial charge in [-0.25, -0.2) is 0 Å². The van der Waals surface area contributed by atoms with Crippen LogP contribution in [0.15, 0.2) is 42.6 Å². The lowest BCUT2D eigenvalue weighted by atomic mass is 10.1. The number of nitrogens with one attached hydrogen (secondary N) is 1. The normalized spacial score (nSPS) is 10.6. The lowest BCUT2D eigenvalue weighted by molar-refractivity contribution is 0.664. The molecule has 0 saturated carbocycles. The Balaban J connectivity index is 2.22. The van der Waals surface area contributed by atoms with Gasteiger partial charge in [0.1, 0.15) is 0 Å². The fourth-order valence-corrected chi connectivity index (χ4v) is 2.48. The Morgan fingerprint density at radius 1 is 1.14 bits per heavy atom. The van der Waals surface area contributed by atoms with Crippen molar-refractivity contribution in [1.29, 1.82) is 0 Å².